The van der Waals surface area contributed by atoms with Gasteiger partial charge in [0.2, 0.25) is 0 Å². The second kappa shape index (κ2) is 9.17. The lowest BCUT2D eigenvalue weighted by molar-refractivity contribution is -0.384. The maximum Gasteiger partial charge on any atom is 0.293 e. The van der Waals surface area contributed by atoms with Crippen LogP contribution in [-0.4, -0.2) is 34.0 Å². The Kier molecular flexibility index (Phi) is 6.33. The third-order valence-electron chi connectivity index (χ3n) is 5.41. The molecule has 0 spiro atoms. The van der Waals surface area contributed by atoms with E-state index in [9.17, 15) is 14.9 Å². The maximum atomic E-state index is 12.7. The molecule has 1 aromatic heterocycles. The van der Waals surface area contributed by atoms with Gasteiger partial charge in [-0.05, 0) is 74.7 Å². The average molecular weight is 470 g/mol. The van der Waals surface area contributed by atoms with Crippen molar-refractivity contribution in [2.24, 2.45) is 0 Å². The highest BCUT2D eigenvalue weighted by Crippen LogP contribution is 2.32. The van der Waals surface area contributed by atoms with Crippen LogP contribution in [0.3, 0.4) is 0 Å². The molecule has 0 aliphatic carbocycles. The van der Waals surface area contributed by atoms with E-state index in [-0.39, 0.29) is 16.4 Å². The van der Waals surface area contributed by atoms with Crippen molar-refractivity contribution in [2.45, 2.75) is 33.1 Å². The van der Waals surface area contributed by atoms with E-state index in [1.54, 1.807) is 12.1 Å². The standard InChI is InChI=1S/C22H23N5O3S2/c1-13-10-14(2)19-18(11-13)32-22(23-19)25-21(31)24-20(28)15-6-7-16(17(12-15)27(29)30)26-8-4-3-5-9-26/h6-7,10-12H,3-5,8-9H2,1-2H3,(H2,23,24,25,28,31). The topological polar surface area (TPSA) is 100 Å². The van der Waals surface area contributed by atoms with E-state index in [0.29, 0.717) is 10.8 Å². The second-order valence-electron chi connectivity index (χ2n) is 7.86. The zero-order valence-corrected chi connectivity index (χ0v) is 19.4. The van der Waals surface area contributed by atoms with Crippen molar-refractivity contribution in [2.75, 3.05) is 23.3 Å². The summed E-state index contributed by atoms with van der Waals surface area (Å²) in [6.07, 6.45) is 3.14. The van der Waals surface area contributed by atoms with Gasteiger partial charge in [0, 0.05) is 24.7 Å². The molecule has 10 heteroatoms. The number of fused-ring (bicyclic) bond motifs is 1. The number of nitrogens with zero attached hydrogens (tertiary/aromatic N) is 3. The first-order valence-corrected chi connectivity index (χ1v) is 11.6. The van der Waals surface area contributed by atoms with Crippen LogP contribution in [0.5, 0.6) is 0 Å². The Hall–Kier alpha value is -3.11. The normalized spacial score (nSPS) is 13.8. The lowest BCUT2D eigenvalue weighted by Crippen LogP contribution is -2.34. The van der Waals surface area contributed by atoms with Crippen molar-refractivity contribution in [3.05, 3.63) is 57.1 Å². The van der Waals surface area contributed by atoms with Crippen LogP contribution >= 0.6 is 23.6 Å². The number of thiazole rings is 1. The first-order valence-electron chi connectivity index (χ1n) is 10.4. The van der Waals surface area contributed by atoms with Gasteiger partial charge in [-0.25, -0.2) is 4.98 Å². The molecule has 3 aromatic rings. The number of nitro groups is 1. The lowest BCUT2D eigenvalue weighted by Gasteiger charge is -2.28. The van der Waals surface area contributed by atoms with Crippen LogP contribution in [0.1, 0.15) is 40.7 Å². The molecule has 32 heavy (non-hydrogen) atoms. The smallest absolute Gasteiger partial charge is 0.293 e. The number of benzene rings is 2. The molecule has 2 aromatic carbocycles. The number of amides is 1. The highest BCUT2D eigenvalue weighted by atomic mass is 32.1. The molecule has 1 saturated heterocycles. The molecule has 1 amide bonds. The van der Waals surface area contributed by atoms with Crippen LogP contribution in [0.25, 0.3) is 10.2 Å². The molecule has 1 fully saturated rings. The number of carbonyl (C=O) groups excluding carboxylic acids is 1. The summed E-state index contributed by atoms with van der Waals surface area (Å²) in [6.45, 7) is 5.59. The first-order chi connectivity index (χ1) is 15.3. The quantitative estimate of drug-likeness (QED) is 0.317. The Bertz CT molecular complexity index is 1220. The predicted molar refractivity (Wildman–Crippen MR) is 132 cm³/mol. The molecule has 1 aliphatic rings. The molecule has 4 rings (SSSR count). The van der Waals surface area contributed by atoms with E-state index in [1.165, 1.54) is 17.4 Å². The van der Waals surface area contributed by atoms with E-state index < -0.39 is 10.8 Å². The van der Waals surface area contributed by atoms with Gasteiger partial charge in [0.05, 0.1) is 15.1 Å². The van der Waals surface area contributed by atoms with Gasteiger partial charge >= 0.3 is 0 Å². The Labute approximate surface area is 194 Å². The van der Waals surface area contributed by atoms with Gasteiger partial charge in [0.1, 0.15) is 5.69 Å². The fourth-order valence-electron chi connectivity index (χ4n) is 3.94. The number of hydrogen-bond acceptors (Lipinski definition) is 7. The Morgan fingerprint density at radius 3 is 2.66 bits per heavy atom. The predicted octanol–water partition coefficient (Wildman–Crippen LogP) is 4.94. The molecule has 0 bridgehead atoms. The molecule has 2 N–H and O–H groups in total. The third kappa shape index (κ3) is 4.71. The van der Waals surface area contributed by atoms with E-state index in [4.69, 9.17) is 12.2 Å². The summed E-state index contributed by atoms with van der Waals surface area (Å²) in [4.78, 5) is 30.4. The van der Waals surface area contributed by atoms with Crippen LogP contribution in [0.4, 0.5) is 16.5 Å². The monoisotopic (exact) mass is 469 g/mol. The molecule has 0 saturated carbocycles. The van der Waals surface area contributed by atoms with Crippen molar-refractivity contribution in [1.29, 1.82) is 0 Å². The fourth-order valence-corrected chi connectivity index (χ4v) is 5.24. The van der Waals surface area contributed by atoms with Crippen molar-refractivity contribution in [3.8, 4) is 0 Å². The summed E-state index contributed by atoms with van der Waals surface area (Å²) < 4.78 is 1.03. The van der Waals surface area contributed by atoms with Crippen LogP contribution in [0.2, 0.25) is 0 Å². The zero-order valence-electron chi connectivity index (χ0n) is 17.8. The minimum Gasteiger partial charge on any atom is -0.366 e. The van der Waals surface area contributed by atoms with E-state index in [2.05, 4.69) is 27.8 Å². The maximum absolute atomic E-state index is 12.7. The summed E-state index contributed by atoms with van der Waals surface area (Å²) >= 11 is 6.71. The highest BCUT2D eigenvalue weighted by Gasteiger charge is 2.23. The van der Waals surface area contributed by atoms with Crippen molar-refractivity contribution >= 4 is 61.3 Å². The number of aryl methyl sites for hydroxylation is 2. The van der Waals surface area contributed by atoms with Crippen molar-refractivity contribution < 1.29 is 9.72 Å². The SMILES string of the molecule is Cc1cc(C)c2nc(NC(=S)NC(=O)c3ccc(N4CCCCC4)c([N+](=O)[O-])c3)sc2c1. The number of aromatic nitrogens is 1. The average Bonchev–Trinajstić information content (AvgIpc) is 3.16. The number of hydrogen-bond donors (Lipinski definition) is 2. The van der Waals surface area contributed by atoms with Gasteiger partial charge < -0.3 is 10.2 Å². The van der Waals surface area contributed by atoms with Gasteiger partial charge in [0.25, 0.3) is 11.6 Å². The second-order valence-corrected chi connectivity index (χ2v) is 9.30. The van der Waals surface area contributed by atoms with Crippen LogP contribution in [0.15, 0.2) is 30.3 Å². The largest absolute Gasteiger partial charge is 0.366 e. The molecule has 2 heterocycles. The molecule has 0 atom stereocenters. The number of piperidine rings is 1. The Morgan fingerprint density at radius 2 is 1.94 bits per heavy atom. The van der Waals surface area contributed by atoms with Crippen LogP contribution in [0, 0.1) is 24.0 Å². The number of anilines is 2. The number of nitrogens with one attached hydrogen (secondary N) is 2. The van der Waals surface area contributed by atoms with Gasteiger partial charge in [-0.3, -0.25) is 20.2 Å². The molecule has 166 valence electrons. The summed E-state index contributed by atoms with van der Waals surface area (Å²) in [5, 5.41) is 17.8. The first kappa shape index (κ1) is 22.1. The minimum absolute atomic E-state index is 0.0737. The number of nitro benzene ring substituents is 1. The third-order valence-corrected chi connectivity index (χ3v) is 6.53. The van der Waals surface area contributed by atoms with E-state index >= 15 is 0 Å². The highest BCUT2D eigenvalue weighted by molar-refractivity contribution is 7.80. The number of thiocarbonyl (C=S) groups is 1. The Morgan fingerprint density at radius 1 is 1.19 bits per heavy atom. The molecule has 0 unspecified atom stereocenters. The van der Waals surface area contributed by atoms with Gasteiger partial charge in [0.15, 0.2) is 10.2 Å². The summed E-state index contributed by atoms with van der Waals surface area (Å²) in [7, 11) is 0. The molecule has 1 aliphatic heterocycles. The molecule has 0 radical (unpaired) electrons. The summed E-state index contributed by atoms with van der Waals surface area (Å²) in [5.74, 6) is -0.510. The summed E-state index contributed by atoms with van der Waals surface area (Å²) in [6, 6.07) is 8.67. The van der Waals surface area contributed by atoms with E-state index in [0.717, 1.165) is 53.7 Å². The van der Waals surface area contributed by atoms with E-state index in [1.807, 2.05) is 18.7 Å². The van der Waals surface area contributed by atoms with Crippen LogP contribution in [-0.2, 0) is 0 Å². The fraction of sp³-hybridized carbons (Fsp3) is 0.318. The molecular formula is C22H23N5O3S2. The van der Waals surface area contributed by atoms with Gasteiger partial charge in [-0.1, -0.05) is 17.4 Å². The zero-order chi connectivity index (χ0) is 22.8. The number of carbonyl (C=O) groups is 1. The van der Waals surface area contributed by atoms with Gasteiger partial charge in [-0.15, -0.1) is 0 Å². The Balaban J connectivity index is 1.48. The minimum atomic E-state index is -0.510. The van der Waals surface area contributed by atoms with Crippen molar-refractivity contribution in [1.82, 2.24) is 10.3 Å². The van der Waals surface area contributed by atoms with Crippen LogP contribution < -0.4 is 15.5 Å². The lowest BCUT2D eigenvalue weighted by atomic mass is 10.1. The van der Waals surface area contributed by atoms with Gasteiger partial charge in [-0.2, -0.15) is 0 Å². The molecule has 8 nitrogen and oxygen atoms in total. The number of rotatable bonds is 4. The van der Waals surface area contributed by atoms with Crippen molar-refractivity contribution in [3.63, 3.8) is 0 Å². The molecular weight excluding hydrogens is 446 g/mol. The summed E-state index contributed by atoms with van der Waals surface area (Å²) in [5.41, 5.74) is 3.76.